The van der Waals surface area contributed by atoms with Crippen LogP contribution in [0.1, 0.15) is 12.5 Å². The Bertz CT molecular complexity index is 1410. The van der Waals surface area contributed by atoms with Crippen LogP contribution in [-0.2, 0) is 11.3 Å². The topological polar surface area (TPSA) is 71.8 Å². The van der Waals surface area contributed by atoms with Gasteiger partial charge in [-0.2, -0.15) is 0 Å². The highest BCUT2D eigenvalue weighted by Crippen LogP contribution is 2.30. The van der Waals surface area contributed by atoms with Gasteiger partial charge in [-0.15, -0.1) is 0 Å². The molecule has 0 radical (unpaired) electrons. The van der Waals surface area contributed by atoms with E-state index < -0.39 is 0 Å². The maximum Gasteiger partial charge on any atom is 0.221 e. The number of anilines is 3. The van der Waals surface area contributed by atoms with E-state index in [4.69, 9.17) is 0 Å². The molecule has 0 saturated heterocycles. The molecule has 2 aromatic carbocycles. The average molecular weight is 434 g/mol. The normalized spacial score (nSPS) is 10.8. The number of fused-ring (bicyclic) bond motifs is 1. The summed E-state index contributed by atoms with van der Waals surface area (Å²) in [4.78, 5) is 20.3. The number of aromatic nitrogens is 3. The molecule has 0 unspecified atom stereocenters. The third-order valence-electron chi connectivity index (χ3n) is 5.38. The third-order valence-corrected chi connectivity index (χ3v) is 5.38. The van der Waals surface area contributed by atoms with E-state index >= 15 is 0 Å². The van der Waals surface area contributed by atoms with Crippen LogP contribution in [0.3, 0.4) is 0 Å². The number of benzene rings is 2. The van der Waals surface area contributed by atoms with Gasteiger partial charge in [0.15, 0.2) is 0 Å². The van der Waals surface area contributed by atoms with Gasteiger partial charge in [-0.1, -0.05) is 36.4 Å². The molecule has 0 aliphatic rings. The Balaban J connectivity index is 1.55. The van der Waals surface area contributed by atoms with E-state index in [1.54, 1.807) is 6.20 Å². The molecule has 0 aliphatic carbocycles. The van der Waals surface area contributed by atoms with E-state index in [1.165, 1.54) is 12.5 Å². The number of pyridine rings is 2. The van der Waals surface area contributed by atoms with E-state index in [-0.39, 0.29) is 5.91 Å². The Hall–Kier alpha value is -4.45. The Morgan fingerprint density at radius 3 is 2.55 bits per heavy atom. The smallest absolute Gasteiger partial charge is 0.221 e. The van der Waals surface area contributed by atoms with Crippen molar-refractivity contribution in [1.29, 1.82) is 0 Å². The zero-order chi connectivity index (χ0) is 22.6. The monoisotopic (exact) mass is 433 g/mol. The fourth-order valence-corrected chi connectivity index (χ4v) is 3.94. The quantitative estimate of drug-likeness (QED) is 0.352. The van der Waals surface area contributed by atoms with Crippen molar-refractivity contribution in [3.63, 3.8) is 0 Å². The van der Waals surface area contributed by atoms with Crippen LogP contribution in [0.15, 0.2) is 97.5 Å². The standard InChI is InChI=1S/C27H23N5O/c1-19(33)30-23-10-5-11-24(14-23)31-27-15-26-22(17-29-27)13-25(21-9-6-12-28-16-21)32(26)18-20-7-3-2-4-8-20/h2-17H,18H2,1H3,(H,29,31)(H,30,33). The first-order valence-corrected chi connectivity index (χ1v) is 10.7. The first-order valence-electron chi connectivity index (χ1n) is 10.7. The van der Waals surface area contributed by atoms with Crippen LogP contribution in [0.25, 0.3) is 22.2 Å². The summed E-state index contributed by atoms with van der Waals surface area (Å²) < 4.78 is 2.29. The van der Waals surface area contributed by atoms with Crippen LogP contribution >= 0.6 is 0 Å². The van der Waals surface area contributed by atoms with Crippen LogP contribution in [0.5, 0.6) is 0 Å². The fraction of sp³-hybridized carbons (Fsp3) is 0.0741. The summed E-state index contributed by atoms with van der Waals surface area (Å²) in [6.07, 6.45) is 5.55. The summed E-state index contributed by atoms with van der Waals surface area (Å²) in [7, 11) is 0. The molecule has 0 atom stereocenters. The third kappa shape index (κ3) is 4.60. The van der Waals surface area contributed by atoms with Crippen LogP contribution in [0.2, 0.25) is 0 Å². The zero-order valence-corrected chi connectivity index (χ0v) is 18.2. The molecule has 3 aromatic heterocycles. The lowest BCUT2D eigenvalue weighted by molar-refractivity contribution is -0.114. The average Bonchev–Trinajstić information content (AvgIpc) is 3.18. The van der Waals surface area contributed by atoms with Crippen molar-refractivity contribution in [3.8, 4) is 11.3 Å². The number of carbonyl (C=O) groups is 1. The van der Waals surface area contributed by atoms with Crippen molar-refractivity contribution in [2.24, 2.45) is 0 Å². The molecule has 5 aromatic rings. The van der Waals surface area contributed by atoms with Crippen LogP contribution < -0.4 is 10.6 Å². The second-order valence-corrected chi connectivity index (χ2v) is 7.86. The molecule has 0 aliphatic heterocycles. The number of hydrogen-bond donors (Lipinski definition) is 2. The molecule has 0 fully saturated rings. The van der Waals surface area contributed by atoms with Crippen LogP contribution in [-0.4, -0.2) is 20.4 Å². The van der Waals surface area contributed by atoms with Gasteiger partial charge in [0.2, 0.25) is 5.91 Å². The highest BCUT2D eigenvalue weighted by molar-refractivity contribution is 5.90. The van der Waals surface area contributed by atoms with E-state index in [2.05, 4.69) is 67.6 Å². The maximum absolute atomic E-state index is 11.4. The van der Waals surface area contributed by atoms with E-state index in [0.29, 0.717) is 0 Å². The Morgan fingerprint density at radius 1 is 0.909 bits per heavy atom. The van der Waals surface area contributed by atoms with Gasteiger partial charge in [0.25, 0.3) is 0 Å². The number of hydrogen-bond acceptors (Lipinski definition) is 4. The summed E-state index contributed by atoms with van der Waals surface area (Å²) >= 11 is 0. The molecule has 0 saturated carbocycles. The molecule has 162 valence electrons. The predicted octanol–water partition coefficient (Wildman–Crippen LogP) is 5.85. The Kier molecular flexibility index (Phi) is 5.55. The minimum Gasteiger partial charge on any atom is -0.340 e. The lowest BCUT2D eigenvalue weighted by Gasteiger charge is -2.12. The molecule has 1 amide bonds. The summed E-state index contributed by atoms with van der Waals surface area (Å²) in [5, 5.41) is 7.23. The van der Waals surface area contributed by atoms with Crippen molar-refractivity contribution in [2.45, 2.75) is 13.5 Å². The summed E-state index contributed by atoms with van der Waals surface area (Å²) in [5.74, 6) is 0.626. The second kappa shape index (κ2) is 8.96. The first-order chi connectivity index (χ1) is 16.2. The number of amides is 1. The van der Waals surface area contributed by atoms with Crippen molar-refractivity contribution in [1.82, 2.24) is 14.5 Å². The van der Waals surface area contributed by atoms with Crippen molar-refractivity contribution in [2.75, 3.05) is 10.6 Å². The minimum atomic E-state index is -0.103. The largest absolute Gasteiger partial charge is 0.340 e. The molecule has 5 rings (SSSR count). The number of carbonyl (C=O) groups excluding carboxylic acids is 1. The van der Waals surface area contributed by atoms with Crippen molar-refractivity contribution in [3.05, 3.63) is 103 Å². The first kappa shape index (κ1) is 20.5. The molecule has 0 spiro atoms. The highest BCUT2D eigenvalue weighted by atomic mass is 16.1. The van der Waals surface area contributed by atoms with Gasteiger partial charge in [0.05, 0.1) is 11.2 Å². The van der Waals surface area contributed by atoms with E-state index in [1.807, 2.05) is 48.8 Å². The van der Waals surface area contributed by atoms with Crippen LogP contribution in [0, 0.1) is 0 Å². The summed E-state index contributed by atoms with van der Waals surface area (Å²) in [6.45, 7) is 2.23. The van der Waals surface area contributed by atoms with Crippen molar-refractivity contribution < 1.29 is 4.79 Å². The molecule has 0 bridgehead atoms. The molecule has 2 N–H and O–H groups in total. The summed E-state index contributed by atoms with van der Waals surface area (Å²) in [5.41, 5.74) is 6.03. The molecule has 6 heteroatoms. The van der Waals surface area contributed by atoms with Gasteiger partial charge in [-0.3, -0.25) is 9.78 Å². The lowest BCUT2D eigenvalue weighted by Crippen LogP contribution is -2.06. The molecule has 6 nitrogen and oxygen atoms in total. The Morgan fingerprint density at radius 2 is 1.76 bits per heavy atom. The van der Waals surface area contributed by atoms with Gasteiger partial charge in [-0.05, 0) is 42.0 Å². The Labute approximate surface area is 191 Å². The maximum atomic E-state index is 11.4. The van der Waals surface area contributed by atoms with Crippen LogP contribution in [0.4, 0.5) is 17.2 Å². The van der Waals surface area contributed by atoms with Gasteiger partial charge in [-0.25, -0.2) is 4.98 Å². The molecular formula is C27H23N5O. The highest BCUT2D eigenvalue weighted by Gasteiger charge is 2.13. The van der Waals surface area contributed by atoms with E-state index in [0.717, 1.165) is 45.9 Å². The van der Waals surface area contributed by atoms with Gasteiger partial charge < -0.3 is 15.2 Å². The lowest BCUT2D eigenvalue weighted by atomic mass is 10.2. The molecular weight excluding hydrogens is 410 g/mol. The number of nitrogens with one attached hydrogen (secondary N) is 2. The van der Waals surface area contributed by atoms with E-state index in [9.17, 15) is 4.79 Å². The SMILES string of the molecule is CC(=O)Nc1cccc(Nc2cc3c(cn2)cc(-c2cccnc2)n3Cc2ccccc2)c1. The minimum absolute atomic E-state index is 0.103. The second-order valence-electron chi connectivity index (χ2n) is 7.86. The van der Waals surface area contributed by atoms with Gasteiger partial charge >= 0.3 is 0 Å². The zero-order valence-electron chi connectivity index (χ0n) is 18.2. The number of rotatable bonds is 6. The van der Waals surface area contributed by atoms with Crippen molar-refractivity contribution >= 4 is 34.0 Å². The fourth-order valence-electron chi connectivity index (χ4n) is 3.94. The molecule has 3 heterocycles. The van der Waals surface area contributed by atoms with Gasteiger partial charge in [0, 0.05) is 60.4 Å². The summed E-state index contributed by atoms with van der Waals surface area (Å²) in [6, 6.07) is 26.2. The predicted molar refractivity (Wildman–Crippen MR) is 133 cm³/mol. The van der Waals surface area contributed by atoms with Gasteiger partial charge in [0.1, 0.15) is 5.82 Å². The molecule has 33 heavy (non-hydrogen) atoms. The number of nitrogens with zero attached hydrogens (tertiary/aromatic N) is 3.